The van der Waals surface area contributed by atoms with Crippen LogP contribution in [0.3, 0.4) is 0 Å². The van der Waals surface area contributed by atoms with Gasteiger partial charge in [-0.15, -0.1) is 0 Å². The van der Waals surface area contributed by atoms with Crippen molar-refractivity contribution in [3.63, 3.8) is 0 Å². The van der Waals surface area contributed by atoms with Crippen molar-refractivity contribution in [2.45, 2.75) is 20.4 Å². The molecule has 17 heavy (non-hydrogen) atoms. The largest absolute Gasteiger partial charge is 0.465 e. The number of nitrogens with zero attached hydrogens (tertiary/aromatic N) is 3. The van der Waals surface area contributed by atoms with Gasteiger partial charge in [0.05, 0.1) is 18.6 Å². The summed E-state index contributed by atoms with van der Waals surface area (Å²) in [6.45, 7) is 4.19. The molecule has 6 heteroatoms. The minimum absolute atomic E-state index is 0.137. The van der Waals surface area contributed by atoms with E-state index in [4.69, 9.17) is 4.74 Å². The maximum atomic E-state index is 11.4. The molecule has 0 aromatic carbocycles. The van der Waals surface area contributed by atoms with E-state index < -0.39 is 0 Å². The average molecular weight is 298 g/mol. The molecule has 2 rings (SSSR count). The van der Waals surface area contributed by atoms with Gasteiger partial charge in [-0.05, 0) is 35.8 Å². The van der Waals surface area contributed by atoms with E-state index in [0.717, 1.165) is 15.7 Å². The molecule has 0 radical (unpaired) electrons. The van der Waals surface area contributed by atoms with Gasteiger partial charge < -0.3 is 9.30 Å². The van der Waals surface area contributed by atoms with Crippen LogP contribution in [-0.4, -0.2) is 27.1 Å². The number of pyridine rings is 1. The Hall–Kier alpha value is -1.43. The Morgan fingerprint density at radius 1 is 1.59 bits per heavy atom. The van der Waals surface area contributed by atoms with Crippen LogP contribution in [0, 0.1) is 6.92 Å². The number of esters is 1. The van der Waals surface area contributed by atoms with Crippen molar-refractivity contribution in [3.8, 4) is 0 Å². The van der Waals surface area contributed by atoms with E-state index in [9.17, 15) is 4.79 Å². The van der Waals surface area contributed by atoms with E-state index in [1.54, 1.807) is 17.8 Å². The molecule has 0 atom stereocenters. The Bertz CT molecular complexity index is 565. The van der Waals surface area contributed by atoms with Gasteiger partial charge in [-0.2, -0.15) is 0 Å². The van der Waals surface area contributed by atoms with Crippen molar-refractivity contribution in [1.29, 1.82) is 0 Å². The number of imidazole rings is 1. The van der Waals surface area contributed by atoms with Crippen LogP contribution in [0.5, 0.6) is 0 Å². The first-order chi connectivity index (χ1) is 8.11. The lowest BCUT2D eigenvalue weighted by molar-refractivity contribution is -0.143. The van der Waals surface area contributed by atoms with E-state index in [-0.39, 0.29) is 12.5 Å². The summed E-state index contributed by atoms with van der Waals surface area (Å²) in [6, 6.07) is 1.89. The lowest BCUT2D eigenvalue weighted by Gasteiger charge is -2.04. The molecule has 90 valence electrons. The predicted molar refractivity (Wildman–Crippen MR) is 66.6 cm³/mol. The van der Waals surface area contributed by atoms with Gasteiger partial charge in [0.2, 0.25) is 0 Å². The van der Waals surface area contributed by atoms with E-state index in [0.29, 0.717) is 12.3 Å². The molecule has 0 saturated heterocycles. The number of rotatable bonds is 3. The molecule has 2 aromatic rings. The number of carbonyl (C=O) groups is 1. The van der Waals surface area contributed by atoms with Crippen LogP contribution in [0.2, 0.25) is 0 Å². The number of carbonyl (C=O) groups excluding carboxylic acids is 1. The third-order valence-electron chi connectivity index (χ3n) is 2.32. The van der Waals surface area contributed by atoms with Gasteiger partial charge in [0.15, 0.2) is 5.65 Å². The molecule has 0 spiro atoms. The number of ether oxygens (including phenoxy) is 1. The SMILES string of the molecule is CCOC(=O)Cn1cnc2cc(Br)c(C)nc21. The molecule has 2 aromatic heterocycles. The van der Waals surface area contributed by atoms with Crippen LogP contribution in [0.1, 0.15) is 12.6 Å². The average Bonchev–Trinajstić information content (AvgIpc) is 2.63. The Balaban J connectivity index is 2.36. The number of fused-ring (bicyclic) bond motifs is 1. The van der Waals surface area contributed by atoms with Crippen molar-refractivity contribution < 1.29 is 9.53 Å². The van der Waals surface area contributed by atoms with Crippen LogP contribution in [0.4, 0.5) is 0 Å². The first-order valence-electron chi connectivity index (χ1n) is 5.25. The van der Waals surface area contributed by atoms with Crippen molar-refractivity contribution in [1.82, 2.24) is 14.5 Å². The summed E-state index contributed by atoms with van der Waals surface area (Å²) in [6.07, 6.45) is 1.60. The molecular weight excluding hydrogens is 286 g/mol. The van der Waals surface area contributed by atoms with Gasteiger partial charge in [0, 0.05) is 4.47 Å². The number of hydrogen-bond donors (Lipinski definition) is 0. The van der Waals surface area contributed by atoms with Crippen molar-refractivity contribution in [2.24, 2.45) is 0 Å². The van der Waals surface area contributed by atoms with E-state index in [1.807, 2.05) is 13.0 Å². The molecule has 0 bridgehead atoms. The molecule has 2 heterocycles. The number of halogens is 1. The molecule has 0 fully saturated rings. The van der Waals surface area contributed by atoms with Gasteiger partial charge in [-0.25, -0.2) is 9.97 Å². The van der Waals surface area contributed by atoms with Crippen LogP contribution in [0.15, 0.2) is 16.9 Å². The standard InChI is InChI=1S/C11H12BrN3O2/c1-3-17-10(16)5-15-6-13-9-4-8(12)7(2)14-11(9)15/h4,6H,3,5H2,1-2H3. The second-order valence-corrected chi connectivity index (χ2v) is 4.43. The summed E-state index contributed by atoms with van der Waals surface area (Å²) in [7, 11) is 0. The molecule has 0 aliphatic heterocycles. The smallest absolute Gasteiger partial charge is 0.326 e. The number of aryl methyl sites for hydroxylation is 1. The van der Waals surface area contributed by atoms with Crippen LogP contribution in [-0.2, 0) is 16.1 Å². The Labute approximate surface area is 107 Å². The monoisotopic (exact) mass is 297 g/mol. The minimum Gasteiger partial charge on any atom is -0.465 e. The molecule has 0 saturated carbocycles. The second-order valence-electron chi connectivity index (χ2n) is 3.58. The zero-order chi connectivity index (χ0) is 12.4. The van der Waals surface area contributed by atoms with E-state index in [1.165, 1.54) is 0 Å². The highest BCUT2D eigenvalue weighted by Gasteiger charge is 2.10. The highest BCUT2D eigenvalue weighted by molar-refractivity contribution is 9.10. The molecule has 0 aliphatic carbocycles. The summed E-state index contributed by atoms with van der Waals surface area (Å²) in [5, 5.41) is 0. The van der Waals surface area contributed by atoms with Crippen LogP contribution < -0.4 is 0 Å². The fourth-order valence-electron chi connectivity index (χ4n) is 1.51. The highest BCUT2D eigenvalue weighted by atomic mass is 79.9. The van der Waals surface area contributed by atoms with Crippen molar-refractivity contribution >= 4 is 33.1 Å². The lowest BCUT2D eigenvalue weighted by atomic mass is 10.3. The van der Waals surface area contributed by atoms with Crippen LogP contribution in [0.25, 0.3) is 11.2 Å². The molecule has 0 unspecified atom stereocenters. The minimum atomic E-state index is -0.283. The maximum absolute atomic E-state index is 11.4. The van der Waals surface area contributed by atoms with E-state index >= 15 is 0 Å². The van der Waals surface area contributed by atoms with Gasteiger partial charge in [-0.3, -0.25) is 4.79 Å². The Kier molecular flexibility index (Phi) is 3.42. The first kappa shape index (κ1) is 12.0. The highest BCUT2D eigenvalue weighted by Crippen LogP contribution is 2.19. The van der Waals surface area contributed by atoms with Gasteiger partial charge in [0.1, 0.15) is 12.1 Å². The lowest BCUT2D eigenvalue weighted by Crippen LogP contribution is -2.13. The molecular formula is C11H12BrN3O2. The number of hydrogen-bond acceptors (Lipinski definition) is 4. The second kappa shape index (κ2) is 4.83. The zero-order valence-corrected chi connectivity index (χ0v) is 11.2. The van der Waals surface area contributed by atoms with E-state index in [2.05, 4.69) is 25.9 Å². The molecule has 0 aliphatic rings. The summed E-state index contributed by atoms with van der Waals surface area (Å²) in [5.41, 5.74) is 2.31. The maximum Gasteiger partial charge on any atom is 0.326 e. The third kappa shape index (κ3) is 2.46. The van der Waals surface area contributed by atoms with Gasteiger partial charge in [0.25, 0.3) is 0 Å². The molecule has 5 nitrogen and oxygen atoms in total. The third-order valence-corrected chi connectivity index (χ3v) is 3.13. The quantitative estimate of drug-likeness (QED) is 0.814. The molecule has 0 N–H and O–H groups in total. The first-order valence-corrected chi connectivity index (χ1v) is 6.04. The van der Waals surface area contributed by atoms with Crippen molar-refractivity contribution in [2.75, 3.05) is 6.61 Å². The Morgan fingerprint density at radius 3 is 3.06 bits per heavy atom. The topological polar surface area (TPSA) is 57.0 Å². The predicted octanol–water partition coefficient (Wildman–Crippen LogP) is 2.07. The fraction of sp³-hybridized carbons (Fsp3) is 0.364. The number of aromatic nitrogens is 3. The van der Waals surface area contributed by atoms with Gasteiger partial charge >= 0.3 is 5.97 Å². The van der Waals surface area contributed by atoms with Crippen molar-refractivity contribution in [3.05, 3.63) is 22.6 Å². The summed E-state index contributed by atoms with van der Waals surface area (Å²) in [5.74, 6) is -0.283. The normalized spacial score (nSPS) is 10.8. The summed E-state index contributed by atoms with van der Waals surface area (Å²) >= 11 is 3.40. The fourth-order valence-corrected chi connectivity index (χ4v) is 1.82. The molecule has 0 amide bonds. The van der Waals surface area contributed by atoms with Crippen LogP contribution >= 0.6 is 15.9 Å². The zero-order valence-electron chi connectivity index (χ0n) is 9.61. The van der Waals surface area contributed by atoms with Gasteiger partial charge in [-0.1, -0.05) is 0 Å². The Morgan fingerprint density at radius 2 is 2.35 bits per heavy atom. The summed E-state index contributed by atoms with van der Waals surface area (Å²) < 4.78 is 7.49. The summed E-state index contributed by atoms with van der Waals surface area (Å²) in [4.78, 5) is 20.0.